The first-order valence-electron chi connectivity index (χ1n) is 4.87. The van der Waals surface area contributed by atoms with Crippen molar-refractivity contribution >= 4 is 0 Å². The molecule has 1 heteroatoms. The second-order valence-corrected chi connectivity index (χ2v) is 4.31. The van der Waals surface area contributed by atoms with Crippen molar-refractivity contribution in [2.75, 3.05) is 0 Å². The van der Waals surface area contributed by atoms with E-state index < -0.39 is 5.60 Å². The zero-order valence-corrected chi connectivity index (χ0v) is 8.41. The second-order valence-electron chi connectivity index (χ2n) is 4.31. The van der Waals surface area contributed by atoms with E-state index in [9.17, 15) is 5.11 Å². The summed E-state index contributed by atoms with van der Waals surface area (Å²) >= 11 is 0. The Morgan fingerprint density at radius 1 is 1.23 bits per heavy atom. The standard InChI is InChI=1S/C12H16O/c1-8-9(2)12(3,13)11-7-5-4-6-10(8)11/h4-9,13H,1-3H3/t8-,9+,12+/m0/s1. The predicted octanol–water partition coefficient (Wildman–Crippen LogP) is 2.65. The van der Waals surface area contributed by atoms with Crippen LogP contribution in [0.5, 0.6) is 0 Å². The highest BCUT2D eigenvalue weighted by Crippen LogP contribution is 2.48. The lowest BCUT2D eigenvalue weighted by Crippen LogP contribution is -2.25. The van der Waals surface area contributed by atoms with Crippen molar-refractivity contribution < 1.29 is 5.11 Å². The van der Waals surface area contributed by atoms with Gasteiger partial charge >= 0.3 is 0 Å². The van der Waals surface area contributed by atoms with Gasteiger partial charge in [0.05, 0.1) is 5.60 Å². The molecular formula is C12H16O. The molecule has 0 unspecified atom stereocenters. The van der Waals surface area contributed by atoms with Crippen molar-refractivity contribution in [2.24, 2.45) is 5.92 Å². The van der Waals surface area contributed by atoms with E-state index in [4.69, 9.17) is 0 Å². The lowest BCUT2D eigenvalue weighted by Gasteiger charge is -2.25. The lowest BCUT2D eigenvalue weighted by molar-refractivity contribution is 0.00827. The Kier molecular flexibility index (Phi) is 1.74. The van der Waals surface area contributed by atoms with Gasteiger partial charge in [0.1, 0.15) is 0 Å². The molecule has 0 fully saturated rings. The van der Waals surface area contributed by atoms with Crippen LogP contribution in [0.15, 0.2) is 24.3 Å². The Labute approximate surface area is 79.4 Å². The second kappa shape index (κ2) is 2.58. The minimum Gasteiger partial charge on any atom is -0.385 e. The summed E-state index contributed by atoms with van der Waals surface area (Å²) in [5.74, 6) is 0.774. The smallest absolute Gasteiger partial charge is 0.0902 e. The summed E-state index contributed by atoms with van der Waals surface area (Å²) in [5.41, 5.74) is 1.77. The third-order valence-corrected chi connectivity index (χ3v) is 3.63. The monoisotopic (exact) mass is 176 g/mol. The number of hydrogen-bond acceptors (Lipinski definition) is 1. The quantitative estimate of drug-likeness (QED) is 0.644. The zero-order chi connectivity index (χ0) is 9.64. The van der Waals surface area contributed by atoms with Gasteiger partial charge < -0.3 is 5.11 Å². The molecule has 13 heavy (non-hydrogen) atoms. The number of fused-ring (bicyclic) bond motifs is 1. The third kappa shape index (κ3) is 1.03. The summed E-state index contributed by atoms with van der Waals surface area (Å²) in [6.45, 7) is 6.22. The van der Waals surface area contributed by atoms with Crippen LogP contribution in [0.1, 0.15) is 37.8 Å². The molecule has 0 bridgehead atoms. The number of rotatable bonds is 0. The fourth-order valence-corrected chi connectivity index (χ4v) is 2.36. The van der Waals surface area contributed by atoms with Gasteiger partial charge in [-0.05, 0) is 29.9 Å². The van der Waals surface area contributed by atoms with Gasteiger partial charge in [-0.1, -0.05) is 38.1 Å². The first-order valence-corrected chi connectivity index (χ1v) is 4.87. The van der Waals surface area contributed by atoms with Gasteiger partial charge in [-0.25, -0.2) is 0 Å². The molecule has 0 heterocycles. The van der Waals surface area contributed by atoms with Crippen molar-refractivity contribution in [1.82, 2.24) is 0 Å². The van der Waals surface area contributed by atoms with Gasteiger partial charge in [-0.3, -0.25) is 0 Å². The minimum atomic E-state index is -0.643. The van der Waals surface area contributed by atoms with Crippen LogP contribution in [-0.2, 0) is 5.60 Å². The molecule has 1 N–H and O–H groups in total. The first-order chi connectivity index (χ1) is 6.05. The van der Waals surface area contributed by atoms with E-state index in [0.717, 1.165) is 5.56 Å². The summed E-state index contributed by atoms with van der Waals surface area (Å²) in [7, 11) is 0. The summed E-state index contributed by atoms with van der Waals surface area (Å²) in [4.78, 5) is 0. The SMILES string of the molecule is C[C@@H]1c2ccccc2[C@](C)(O)[C@@H]1C. The Hall–Kier alpha value is -0.820. The highest BCUT2D eigenvalue weighted by Gasteiger charge is 2.42. The highest BCUT2D eigenvalue weighted by molar-refractivity contribution is 5.40. The maximum Gasteiger partial charge on any atom is 0.0902 e. The maximum atomic E-state index is 10.3. The van der Waals surface area contributed by atoms with Gasteiger partial charge in [0, 0.05) is 0 Å². The summed E-state index contributed by atoms with van der Waals surface area (Å²) in [6.07, 6.45) is 0. The van der Waals surface area contributed by atoms with Gasteiger partial charge in [-0.15, -0.1) is 0 Å². The van der Waals surface area contributed by atoms with E-state index >= 15 is 0 Å². The molecule has 1 aliphatic carbocycles. The van der Waals surface area contributed by atoms with Crippen molar-refractivity contribution in [2.45, 2.75) is 32.3 Å². The molecule has 1 aliphatic rings. The zero-order valence-electron chi connectivity index (χ0n) is 8.41. The molecule has 0 amide bonds. The summed E-state index contributed by atoms with van der Waals surface area (Å²) in [5, 5.41) is 10.3. The molecule has 70 valence electrons. The molecular weight excluding hydrogens is 160 g/mol. The average molecular weight is 176 g/mol. The van der Waals surface area contributed by atoms with Crippen molar-refractivity contribution in [3.63, 3.8) is 0 Å². The largest absolute Gasteiger partial charge is 0.385 e. The maximum absolute atomic E-state index is 10.3. The van der Waals surface area contributed by atoms with E-state index in [2.05, 4.69) is 19.9 Å². The van der Waals surface area contributed by atoms with E-state index in [1.165, 1.54) is 5.56 Å². The minimum absolute atomic E-state index is 0.310. The molecule has 0 saturated heterocycles. The van der Waals surface area contributed by atoms with E-state index in [0.29, 0.717) is 11.8 Å². The van der Waals surface area contributed by atoms with Crippen LogP contribution in [0, 0.1) is 5.92 Å². The fraction of sp³-hybridized carbons (Fsp3) is 0.500. The van der Waals surface area contributed by atoms with Gasteiger partial charge in [0.2, 0.25) is 0 Å². The van der Waals surface area contributed by atoms with Gasteiger partial charge in [-0.2, -0.15) is 0 Å². The topological polar surface area (TPSA) is 20.2 Å². The normalized spacial score (nSPS) is 37.5. The molecule has 1 nitrogen and oxygen atoms in total. The molecule has 0 aliphatic heterocycles. The van der Waals surface area contributed by atoms with Crippen LogP contribution < -0.4 is 0 Å². The molecule has 1 aromatic rings. The van der Waals surface area contributed by atoms with Crippen molar-refractivity contribution in [1.29, 1.82) is 0 Å². The van der Waals surface area contributed by atoms with Crippen LogP contribution >= 0.6 is 0 Å². The van der Waals surface area contributed by atoms with Crippen LogP contribution in [0.3, 0.4) is 0 Å². The van der Waals surface area contributed by atoms with Gasteiger partial charge in [0.25, 0.3) is 0 Å². The van der Waals surface area contributed by atoms with Gasteiger partial charge in [0.15, 0.2) is 0 Å². The molecule has 0 saturated carbocycles. The molecule has 0 aromatic heterocycles. The molecule has 1 aromatic carbocycles. The Morgan fingerprint density at radius 3 is 2.46 bits per heavy atom. The lowest BCUT2D eigenvalue weighted by atomic mass is 9.87. The highest BCUT2D eigenvalue weighted by atomic mass is 16.3. The molecule has 3 atom stereocenters. The van der Waals surface area contributed by atoms with E-state index in [1.807, 2.05) is 25.1 Å². The average Bonchev–Trinajstić information content (AvgIpc) is 2.30. The number of benzene rings is 1. The third-order valence-electron chi connectivity index (χ3n) is 3.63. The summed E-state index contributed by atoms with van der Waals surface area (Å²) < 4.78 is 0. The number of aliphatic hydroxyl groups is 1. The predicted molar refractivity (Wildman–Crippen MR) is 53.6 cm³/mol. The van der Waals surface area contributed by atoms with Crippen molar-refractivity contribution in [3.05, 3.63) is 35.4 Å². The van der Waals surface area contributed by atoms with Crippen LogP contribution in [0.4, 0.5) is 0 Å². The Morgan fingerprint density at radius 2 is 1.85 bits per heavy atom. The summed E-state index contributed by atoms with van der Waals surface area (Å²) in [6, 6.07) is 8.20. The molecule has 2 rings (SSSR count). The fourth-order valence-electron chi connectivity index (χ4n) is 2.36. The Balaban J connectivity index is 2.61. The Bertz CT molecular complexity index is 328. The first kappa shape index (κ1) is 8.76. The number of hydrogen-bond donors (Lipinski definition) is 1. The van der Waals surface area contributed by atoms with E-state index in [-0.39, 0.29) is 0 Å². The van der Waals surface area contributed by atoms with Crippen LogP contribution in [0.2, 0.25) is 0 Å². The van der Waals surface area contributed by atoms with Crippen LogP contribution in [0.25, 0.3) is 0 Å². The van der Waals surface area contributed by atoms with Crippen LogP contribution in [-0.4, -0.2) is 5.11 Å². The molecule has 0 spiro atoms. The molecule has 0 radical (unpaired) electrons. The van der Waals surface area contributed by atoms with Crippen molar-refractivity contribution in [3.8, 4) is 0 Å². The van der Waals surface area contributed by atoms with E-state index in [1.54, 1.807) is 0 Å².